The van der Waals surface area contributed by atoms with Crippen molar-refractivity contribution in [2.45, 2.75) is 18.9 Å². The lowest BCUT2D eigenvalue weighted by atomic mass is 10.0. The second kappa shape index (κ2) is 3.04. The second-order valence-corrected chi connectivity index (χ2v) is 4.05. The molecule has 1 saturated heterocycles. The Balaban J connectivity index is 1.74. The summed E-state index contributed by atoms with van der Waals surface area (Å²) in [5.74, 6) is 0.976. The van der Waals surface area contributed by atoms with Crippen molar-refractivity contribution < 1.29 is 0 Å². The van der Waals surface area contributed by atoms with Crippen molar-refractivity contribution in [2.24, 2.45) is 17.6 Å². The summed E-state index contributed by atoms with van der Waals surface area (Å²) in [4.78, 5) is 2.29. The summed E-state index contributed by atoms with van der Waals surface area (Å²) in [5.41, 5.74) is 5.65. The average molecular weight is 165 g/mol. The fourth-order valence-corrected chi connectivity index (χ4v) is 1.83. The molecular formula is C9H15N3. The lowest BCUT2D eigenvalue weighted by Crippen LogP contribution is -2.56. The predicted octanol–water partition coefficient (Wildman–Crippen LogP) is 0.179. The Bertz CT molecular complexity index is 198. The summed E-state index contributed by atoms with van der Waals surface area (Å²) < 4.78 is 0. The van der Waals surface area contributed by atoms with Crippen molar-refractivity contribution >= 4 is 0 Å². The zero-order valence-corrected chi connectivity index (χ0v) is 7.24. The molecule has 2 N–H and O–H groups in total. The van der Waals surface area contributed by atoms with Crippen LogP contribution >= 0.6 is 0 Å². The molecule has 0 aromatic rings. The van der Waals surface area contributed by atoms with E-state index in [1.54, 1.807) is 0 Å². The number of rotatable bonds is 3. The number of nitrogens with zero attached hydrogens (tertiary/aromatic N) is 2. The second-order valence-electron chi connectivity index (χ2n) is 4.05. The molecule has 2 fully saturated rings. The van der Waals surface area contributed by atoms with Gasteiger partial charge in [0.1, 0.15) is 0 Å². The van der Waals surface area contributed by atoms with Crippen LogP contribution in [0, 0.1) is 23.2 Å². The quantitative estimate of drug-likeness (QED) is 0.649. The van der Waals surface area contributed by atoms with Gasteiger partial charge in [0.2, 0.25) is 0 Å². The lowest BCUT2D eigenvalue weighted by molar-refractivity contribution is 0.132. The van der Waals surface area contributed by atoms with Crippen LogP contribution in [0.5, 0.6) is 0 Å². The summed E-state index contributed by atoms with van der Waals surface area (Å²) in [6.07, 6.45) is 2.52. The van der Waals surface area contributed by atoms with E-state index in [4.69, 9.17) is 11.0 Å². The summed E-state index contributed by atoms with van der Waals surface area (Å²) in [6.45, 7) is 2.94. The third kappa shape index (κ3) is 1.60. The van der Waals surface area contributed by atoms with Gasteiger partial charge in [-0.3, -0.25) is 4.90 Å². The Kier molecular flexibility index (Phi) is 2.03. The van der Waals surface area contributed by atoms with Gasteiger partial charge in [-0.1, -0.05) is 0 Å². The van der Waals surface area contributed by atoms with Gasteiger partial charge < -0.3 is 5.73 Å². The highest BCUT2D eigenvalue weighted by atomic mass is 15.2. The van der Waals surface area contributed by atoms with E-state index < -0.39 is 0 Å². The maximum atomic E-state index is 8.86. The number of likely N-dealkylation sites (tertiary alicyclic amines) is 1. The highest BCUT2D eigenvalue weighted by Crippen LogP contribution is 2.37. The van der Waals surface area contributed by atoms with E-state index in [9.17, 15) is 0 Å². The number of nitrogens with two attached hydrogens (primary N) is 1. The van der Waals surface area contributed by atoms with Crippen LogP contribution in [-0.4, -0.2) is 30.6 Å². The highest BCUT2D eigenvalue weighted by Gasteiger charge is 2.34. The molecule has 2 aliphatic rings. The fraction of sp³-hybridized carbons (Fsp3) is 0.889. The van der Waals surface area contributed by atoms with Crippen molar-refractivity contribution in [1.82, 2.24) is 4.90 Å². The number of nitriles is 1. The predicted molar refractivity (Wildman–Crippen MR) is 46.2 cm³/mol. The van der Waals surface area contributed by atoms with Crippen molar-refractivity contribution in [3.63, 3.8) is 0 Å². The molecular weight excluding hydrogens is 150 g/mol. The van der Waals surface area contributed by atoms with Crippen LogP contribution in [0.2, 0.25) is 0 Å². The van der Waals surface area contributed by atoms with E-state index in [2.05, 4.69) is 11.0 Å². The number of hydrogen-bond donors (Lipinski definition) is 1. The Morgan fingerprint density at radius 2 is 2.17 bits per heavy atom. The molecule has 0 spiro atoms. The maximum Gasteiger partial charge on any atom is 0.0672 e. The van der Waals surface area contributed by atoms with E-state index in [1.165, 1.54) is 12.8 Å². The Morgan fingerprint density at radius 3 is 2.58 bits per heavy atom. The van der Waals surface area contributed by atoms with E-state index in [-0.39, 0.29) is 5.92 Å². The van der Waals surface area contributed by atoms with E-state index in [0.717, 1.165) is 19.6 Å². The summed E-state index contributed by atoms with van der Waals surface area (Å²) in [7, 11) is 0. The van der Waals surface area contributed by atoms with Gasteiger partial charge in [0.15, 0.2) is 0 Å². The van der Waals surface area contributed by atoms with E-state index >= 15 is 0 Å². The van der Waals surface area contributed by atoms with Gasteiger partial charge >= 0.3 is 0 Å². The van der Waals surface area contributed by atoms with Crippen LogP contribution in [0.15, 0.2) is 0 Å². The highest BCUT2D eigenvalue weighted by molar-refractivity contribution is 4.98. The summed E-state index contributed by atoms with van der Waals surface area (Å²) in [5, 5.41) is 8.86. The standard InChI is InChI=1S/C9H15N3/c10-3-8(7-1-2-7)4-12-5-9(11)6-12/h7-9H,1-2,4-6,11H2. The maximum absolute atomic E-state index is 8.86. The first-order valence-corrected chi connectivity index (χ1v) is 4.67. The van der Waals surface area contributed by atoms with Crippen LogP contribution in [0.1, 0.15) is 12.8 Å². The minimum atomic E-state index is 0.275. The first kappa shape index (κ1) is 8.03. The van der Waals surface area contributed by atoms with Crippen LogP contribution < -0.4 is 5.73 Å². The Hall–Kier alpha value is -0.590. The van der Waals surface area contributed by atoms with Crippen LogP contribution in [0.3, 0.4) is 0 Å². The van der Waals surface area contributed by atoms with E-state index in [1.807, 2.05) is 0 Å². The lowest BCUT2D eigenvalue weighted by Gasteiger charge is -2.37. The van der Waals surface area contributed by atoms with Gasteiger partial charge in [0, 0.05) is 25.7 Å². The van der Waals surface area contributed by atoms with Crippen LogP contribution in [0.25, 0.3) is 0 Å². The van der Waals surface area contributed by atoms with E-state index in [0.29, 0.717) is 12.0 Å². The summed E-state index contributed by atoms with van der Waals surface area (Å²) >= 11 is 0. The molecule has 2 rings (SSSR count). The smallest absolute Gasteiger partial charge is 0.0672 e. The molecule has 3 heteroatoms. The largest absolute Gasteiger partial charge is 0.325 e. The normalized spacial score (nSPS) is 27.7. The monoisotopic (exact) mass is 165 g/mol. The van der Waals surface area contributed by atoms with Crippen LogP contribution in [0.4, 0.5) is 0 Å². The molecule has 0 bridgehead atoms. The minimum absolute atomic E-state index is 0.275. The molecule has 12 heavy (non-hydrogen) atoms. The molecule has 0 radical (unpaired) electrons. The SMILES string of the molecule is N#CC(CN1CC(N)C1)C1CC1. The molecule has 0 aromatic carbocycles. The van der Waals surface area contributed by atoms with Gasteiger partial charge in [-0.05, 0) is 18.8 Å². The molecule has 1 heterocycles. The molecule has 66 valence electrons. The van der Waals surface area contributed by atoms with Gasteiger partial charge in [0.25, 0.3) is 0 Å². The topological polar surface area (TPSA) is 53.0 Å². The van der Waals surface area contributed by atoms with Crippen molar-refractivity contribution in [2.75, 3.05) is 19.6 Å². The first-order chi connectivity index (χ1) is 5.79. The van der Waals surface area contributed by atoms with Gasteiger partial charge in [0.05, 0.1) is 12.0 Å². The third-order valence-corrected chi connectivity index (χ3v) is 2.80. The molecule has 1 aliphatic heterocycles. The van der Waals surface area contributed by atoms with Crippen molar-refractivity contribution in [3.8, 4) is 6.07 Å². The minimum Gasteiger partial charge on any atom is -0.325 e. The van der Waals surface area contributed by atoms with Crippen molar-refractivity contribution in [1.29, 1.82) is 5.26 Å². The molecule has 3 nitrogen and oxygen atoms in total. The number of hydrogen-bond acceptors (Lipinski definition) is 3. The van der Waals surface area contributed by atoms with Crippen molar-refractivity contribution in [3.05, 3.63) is 0 Å². The van der Waals surface area contributed by atoms with Crippen LogP contribution in [-0.2, 0) is 0 Å². The molecule has 1 saturated carbocycles. The Morgan fingerprint density at radius 1 is 1.50 bits per heavy atom. The zero-order chi connectivity index (χ0) is 8.55. The van der Waals surface area contributed by atoms with Gasteiger partial charge in [-0.25, -0.2) is 0 Å². The first-order valence-electron chi connectivity index (χ1n) is 4.67. The Labute approximate surface area is 73.1 Å². The average Bonchev–Trinajstić information content (AvgIpc) is 2.78. The van der Waals surface area contributed by atoms with Gasteiger partial charge in [-0.15, -0.1) is 0 Å². The zero-order valence-electron chi connectivity index (χ0n) is 7.24. The van der Waals surface area contributed by atoms with Gasteiger partial charge in [-0.2, -0.15) is 5.26 Å². The molecule has 0 amide bonds. The molecule has 1 atom stereocenters. The fourth-order valence-electron chi connectivity index (χ4n) is 1.83. The summed E-state index contributed by atoms with van der Waals surface area (Å²) in [6, 6.07) is 2.76. The molecule has 1 aliphatic carbocycles. The molecule has 0 aromatic heterocycles. The molecule has 1 unspecified atom stereocenters. The third-order valence-electron chi connectivity index (χ3n) is 2.80.